The van der Waals surface area contributed by atoms with Crippen LogP contribution in [0.1, 0.15) is 13.3 Å². The summed E-state index contributed by atoms with van der Waals surface area (Å²) in [5, 5.41) is 0. The fourth-order valence-electron chi connectivity index (χ4n) is 2.11. The van der Waals surface area contributed by atoms with Crippen molar-refractivity contribution in [2.24, 2.45) is 11.7 Å². The van der Waals surface area contributed by atoms with Gasteiger partial charge >= 0.3 is 0 Å². The SMILES string of the molecule is CC1CCN(S(=O)(=O)c2ccc(Br)cc2F)CC1N. The summed E-state index contributed by atoms with van der Waals surface area (Å²) in [5.41, 5.74) is 5.90. The largest absolute Gasteiger partial charge is 0.326 e. The molecule has 0 bridgehead atoms. The number of piperidine rings is 1. The Morgan fingerprint density at radius 2 is 2.16 bits per heavy atom. The van der Waals surface area contributed by atoms with Crippen LogP contribution >= 0.6 is 15.9 Å². The van der Waals surface area contributed by atoms with Gasteiger partial charge < -0.3 is 5.73 Å². The van der Waals surface area contributed by atoms with Crippen LogP contribution in [0.25, 0.3) is 0 Å². The van der Waals surface area contributed by atoms with Crippen LogP contribution in [-0.2, 0) is 10.0 Å². The molecule has 2 atom stereocenters. The van der Waals surface area contributed by atoms with Crippen molar-refractivity contribution in [3.63, 3.8) is 0 Å². The van der Waals surface area contributed by atoms with Gasteiger partial charge in [-0.25, -0.2) is 12.8 Å². The van der Waals surface area contributed by atoms with Crippen LogP contribution in [0.4, 0.5) is 4.39 Å². The molecule has 1 heterocycles. The van der Waals surface area contributed by atoms with Gasteiger partial charge in [0, 0.05) is 23.6 Å². The Labute approximate surface area is 121 Å². The van der Waals surface area contributed by atoms with E-state index in [1.54, 1.807) is 0 Å². The number of hydrogen-bond acceptors (Lipinski definition) is 3. The molecule has 2 unspecified atom stereocenters. The molecule has 1 aliphatic rings. The zero-order chi connectivity index (χ0) is 14.2. The average Bonchev–Trinajstić information content (AvgIpc) is 2.32. The van der Waals surface area contributed by atoms with Gasteiger partial charge in [0.2, 0.25) is 10.0 Å². The molecule has 0 amide bonds. The Hall–Kier alpha value is -0.500. The van der Waals surface area contributed by atoms with Crippen molar-refractivity contribution in [2.75, 3.05) is 13.1 Å². The minimum Gasteiger partial charge on any atom is -0.326 e. The smallest absolute Gasteiger partial charge is 0.246 e. The zero-order valence-electron chi connectivity index (χ0n) is 10.5. The van der Waals surface area contributed by atoms with Crippen molar-refractivity contribution in [1.29, 1.82) is 0 Å². The third kappa shape index (κ3) is 2.99. The zero-order valence-corrected chi connectivity index (χ0v) is 12.9. The van der Waals surface area contributed by atoms with Crippen LogP contribution in [0.2, 0.25) is 0 Å². The Morgan fingerprint density at radius 1 is 1.47 bits per heavy atom. The summed E-state index contributed by atoms with van der Waals surface area (Å²) >= 11 is 3.11. The van der Waals surface area contributed by atoms with Crippen LogP contribution in [0.5, 0.6) is 0 Å². The molecule has 0 saturated carbocycles. The molecule has 1 aromatic carbocycles. The van der Waals surface area contributed by atoms with Gasteiger partial charge in [-0.2, -0.15) is 4.31 Å². The molecule has 1 aromatic rings. The molecule has 0 aromatic heterocycles. The van der Waals surface area contributed by atoms with E-state index in [1.165, 1.54) is 16.4 Å². The summed E-state index contributed by atoms with van der Waals surface area (Å²) in [4.78, 5) is -0.294. The summed E-state index contributed by atoms with van der Waals surface area (Å²) in [7, 11) is -3.81. The number of rotatable bonds is 2. The van der Waals surface area contributed by atoms with Crippen LogP contribution in [0, 0.1) is 11.7 Å². The normalized spacial score (nSPS) is 25.5. The van der Waals surface area contributed by atoms with Crippen molar-refractivity contribution < 1.29 is 12.8 Å². The van der Waals surface area contributed by atoms with Crippen molar-refractivity contribution >= 4 is 26.0 Å². The first-order valence-corrected chi connectivity index (χ1v) is 8.26. The van der Waals surface area contributed by atoms with E-state index in [-0.39, 0.29) is 23.4 Å². The Morgan fingerprint density at radius 3 is 2.74 bits per heavy atom. The van der Waals surface area contributed by atoms with Gasteiger partial charge in [-0.1, -0.05) is 22.9 Å². The highest BCUT2D eigenvalue weighted by atomic mass is 79.9. The molecule has 2 rings (SSSR count). The molecule has 19 heavy (non-hydrogen) atoms. The van der Waals surface area contributed by atoms with E-state index in [9.17, 15) is 12.8 Å². The van der Waals surface area contributed by atoms with Gasteiger partial charge in [-0.05, 0) is 30.5 Å². The second-order valence-corrected chi connectivity index (χ2v) is 7.69. The number of halogens is 2. The van der Waals surface area contributed by atoms with Gasteiger partial charge in [0.1, 0.15) is 10.7 Å². The Kier molecular flexibility index (Phi) is 4.29. The maximum absolute atomic E-state index is 13.8. The lowest BCUT2D eigenvalue weighted by Crippen LogP contribution is -2.49. The van der Waals surface area contributed by atoms with Crippen molar-refractivity contribution in [2.45, 2.75) is 24.3 Å². The van der Waals surface area contributed by atoms with E-state index in [0.717, 1.165) is 6.07 Å². The molecule has 1 aliphatic heterocycles. The minimum atomic E-state index is -3.81. The first-order chi connectivity index (χ1) is 8.82. The van der Waals surface area contributed by atoms with Crippen LogP contribution in [0.3, 0.4) is 0 Å². The van der Waals surface area contributed by atoms with E-state index >= 15 is 0 Å². The molecule has 1 fully saturated rings. The van der Waals surface area contributed by atoms with Crippen molar-refractivity contribution in [1.82, 2.24) is 4.31 Å². The molecule has 1 saturated heterocycles. The fraction of sp³-hybridized carbons (Fsp3) is 0.500. The predicted octanol–water partition coefficient (Wildman–Crippen LogP) is 1.95. The number of nitrogens with zero attached hydrogens (tertiary/aromatic N) is 1. The second-order valence-electron chi connectivity index (χ2n) is 4.87. The van der Waals surface area contributed by atoms with Gasteiger partial charge in [0.15, 0.2) is 0 Å². The third-order valence-corrected chi connectivity index (χ3v) is 5.88. The molecule has 2 N–H and O–H groups in total. The van der Waals surface area contributed by atoms with Gasteiger partial charge in [-0.15, -0.1) is 0 Å². The van der Waals surface area contributed by atoms with E-state index in [2.05, 4.69) is 15.9 Å². The maximum atomic E-state index is 13.8. The number of benzene rings is 1. The lowest BCUT2D eigenvalue weighted by Gasteiger charge is -2.34. The third-order valence-electron chi connectivity index (χ3n) is 3.49. The highest BCUT2D eigenvalue weighted by molar-refractivity contribution is 9.10. The second kappa shape index (κ2) is 5.47. The molecule has 0 radical (unpaired) electrons. The molecule has 7 heteroatoms. The quantitative estimate of drug-likeness (QED) is 0.886. The molecular formula is C12H16BrFN2O2S. The monoisotopic (exact) mass is 350 g/mol. The molecule has 0 aliphatic carbocycles. The molecule has 4 nitrogen and oxygen atoms in total. The Bertz CT molecular complexity index is 579. The summed E-state index contributed by atoms with van der Waals surface area (Å²) in [6.45, 7) is 2.61. The fourth-order valence-corrected chi connectivity index (χ4v) is 3.98. The van der Waals surface area contributed by atoms with E-state index in [1.807, 2.05) is 6.92 Å². The predicted molar refractivity (Wildman–Crippen MR) is 74.6 cm³/mol. The highest BCUT2D eigenvalue weighted by Crippen LogP contribution is 2.26. The van der Waals surface area contributed by atoms with Crippen molar-refractivity contribution in [3.8, 4) is 0 Å². The number of sulfonamides is 1. The average molecular weight is 351 g/mol. The molecular weight excluding hydrogens is 335 g/mol. The van der Waals surface area contributed by atoms with E-state index in [4.69, 9.17) is 5.73 Å². The van der Waals surface area contributed by atoms with Gasteiger partial charge in [0.25, 0.3) is 0 Å². The lowest BCUT2D eigenvalue weighted by molar-refractivity contribution is 0.252. The van der Waals surface area contributed by atoms with Crippen LogP contribution in [-0.4, -0.2) is 31.9 Å². The topological polar surface area (TPSA) is 63.4 Å². The lowest BCUT2D eigenvalue weighted by atomic mass is 9.96. The Balaban J connectivity index is 2.32. The minimum absolute atomic E-state index is 0.206. The standard InChI is InChI=1S/C12H16BrFN2O2S/c1-8-4-5-16(7-11(8)15)19(17,18)12-3-2-9(13)6-10(12)14/h2-3,6,8,11H,4-5,7,15H2,1H3. The molecule has 106 valence electrons. The van der Waals surface area contributed by atoms with Crippen LogP contribution < -0.4 is 5.73 Å². The first kappa shape index (κ1) is 14.9. The number of hydrogen-bond donors (Lipinski definition) is 1. The summed E-state index contributed by atoms with van der Waals surface area (Å²) in [5.74, 6) is -0.470. The van der Waals surface area contributed by atoms with Crippen molar-refractivity contribution in [3.05, 3.63) is 28.5 Å². The summed E-state index contributed by atoms with van der Waals surface area (Å²) in [6, 6.07) is 3.74. The maximum Gasteiger partial charge on any atom is 0.246 e. The summed E-state index contributed by atoms with van der Waals surface area (Å²) < 4.78 is 40.4. The summed E-state index contributed by atoms with van der Waals surface area (Å²) in [6.07, 6.45) is 0.693. The van der Waals surface area contributed by atoms with E-state index < -0.39 is 15.8 Å². The van der Waals surface area contributed by atoms with E-state index in [0.29, 0.717) is 17.4 Å². The van der Waals surface area contributed by atoms with Gasteiger partial charge in [0.05, 0.1) is 0 Å². The van der Waals surface area contributed by atoms with Gasteiger partial charge in [-0.3, -0.25) is 0 Å². The highest BCUT2D eigenvalue weighted by Gasteiger charge is 2.33. The number of nitrogens with two attached hydrogens (primary N) is 1. The van der Waals surface area contributed by atoms with Crippen LogP contribution in [0.15, 0.2) is 27.6 Å². The first-order valence-electron chi connectivity index (χ1n) is 6.03. The molecule has 0 spiro atoms.